The molecule has 0 bridgehead atoms. The van der Waals surface area contributed by atoms with Gasteiger partial charge in [-0.05, 0) is 62.1 Å². The number of aromatic nitrogens is 3. The zero-order valence-corrected chi connectivity index (χ0v) is 24.6. The van der Waals surface area contributed by atoms with Crippen molar-refractivity contribution < 1.29 is 32.6 Å². The predicted octanol–water partition coefficient (Wildman–Crippen LogP) is 6.32. The average molecular weight is 631 g/mol. The van der Waals surface area contributed by atoms with Gasteiger partial charge in [-0.2, -0.15) is 18.2 Å². The van der Waals surface area contributed by atoms with E-state index in [9.17, 15) is 18.0 Å². The third-order valence-electron chi connectivity index (χ3n) is 6.66. The lowest BCUT2D eigenvalue weighted by atomic mass is 9.91. The molecule has 0 saturated heterocycles. The minimum absolute atomic E-state index is 0.114. The number of aliphatic carboxylic acids is 1. The molecule has 2 aromatic carbocycles. The van der Waals surface area contributed by atoms with Gasteiger partial charge >= 0.3 is 12.1 Å². The maximum atomic E-state index is 12.8. The van der Waals surface area contributed by atoms with Crippen LogP contribution in [0.2, 0.25) is 5.02 Å². The molecule has 10 nitrogen and oxygen atoms in total. The number of halogens is 4. The molecule has 0 radical (unpaired) electrons. The number of carbonyl (C=O) groups is 2. The molecule has 232 valence electrons. The van der Waals surface area contributed by atoms with Gasteiger partial charge in [0.15, 0.2) is 0 Å². The van der Waals surface area contributed by atoms with Crippen molar-refractivity contribution in [1.29, 1.82) is 0 Å². The van der Waals surface area contributed by atoms with Gasteiger partial charge in [0.2, 0.25) is 11.8 Å². The quantitative estimate of drug-likeness (QED) is 0.215. The number of carbonyl (C=O) groups excluding carboxylic acids is 1. The Kier molecular flexibility index (Phi) is 10.4. The van der Waals surface area contributed by atoms with Gasteiger partial charge in [-0.3, -0.25) is 4.79 Å². The van der Waals surface area contributed by atoms with Crippen molar-refractivity contribution >= 4 is 46.1 Å². The maximum absolute atomic E-state index is 12.8. The van der Waals surface area contributed by atoms with E-state index in [0.29, 0.717) is 28.2 Å². The zero-order valence-electron chi connectivity index (χ0n) is 23.8. The summed E-state index contributed by atoms with van der Waals surface area (Å²) in [6.07, 6.45) is 0.0375. The van der Waals surface area contributed by atoms with Crippen LogP contribution in [0.25, 0.3) is 10.9 Å². The average Bonchev–Trinajstić information content (AvgIpc) is 2.98. The predicted molar refractivity (Wildman–Crippen MR) is 160 cm³/mol. The number of hydrogen-bond donors (Lipinski definition) is 3. The third-order valence-corrected chi connectivity index (χ3v) is 6.90. The lowest BCUT2D eigenvalue weighted by Crippen LogP contribution is -2.40. The summed E-state index contributed by atoms with van der Waals surface area (Å²) in [7, 11) is 3.98. The minimum Gasteiger partial charge on any atom is -0.475 e. The Balaban J connectivity index is 0.000000566. The number of pyridine rings is 1. The Bertz CT molecular complexity index is 1600. The van der Waals surface area contributed by atoms with Crippen LogP contribution in [-0.4, -0.2) is 64.3 Å². The molecule has 2 heterocycles. The number of benzene rings is 2. The van der Waals surface area contributed by atoms with E-state index in [1.165, 1.54) is 6.20 Å². The van der Waals surface area contributed by atoms with E-state index >= 15 is 0 Å². The van der Waals surface area contributed by atoms with Gasteiger partial charge in [0.05, 0.1) is 11.1 Å². The molecular formula is C30H30ClF3N6O4. The van der Waals surface area contributed by atoms with E-state index in [4.69, 9.17) is 36.2 Å². The Morgan fingerprint density at radius 3 is 2.27 bits per heavy atom. The van der Waals surface area contributed by atoms with Gasteiger partial charge in [-0.1, -0.05) is 29.8 Å². The first-order valence-corrected chi connectivity index (χ1v) is 14.0. The lowest BCUT2D eigenvalue weighted by molar-refractivity contribution is -0.192. The first kappa shape index (κ1) is 32.3. The topological polar surface area (TPSA) is 130 Å². The SMILES string of the molecule is CN(C)c1nc(NC2CCC(NC(=O)c3ccc(Oc4cccc(Cl)c4)nc3)CC2)nc2ccccc12.O=C(O)C(F)(F)F. The summed E-state index contributed by atoms with van der Waals surface area (Å²) in [6, 6.07) is 18.9. The number of carboxylic acids is 1. The molecule has 44 heavy (non-hydrogen) atoms. The van der Waals surface area contributed by atoms with Crippen LogP contribution in [0.4, 0.5) is 24.9 Å². The Morgan fingerprint density at radius 2 is 1.66 bits per heavy atom. The number of para-hydroxylation sites is 1. The maximum Gasteiger partial charge on any atom is 0.490 e. The van der Waals surface area contributed by atoms with E-state index in [2.05, 4.69) is 15.6 Å². The van der Waals surface area contributed by atoms with Crippen molar-refractivity contribution in [3.63, 3.8) is 0 Å². The molecule has 1 aliphatic rings. The van der Waals surface area contributed by atoms with Gasteiger partial charge in [0.25, 0.3) is 5.91 Å². The number of alkyl halides is 3. The van der Waals surface area contributed by atoms with Crippen LogP contribution in [-0.2, 0) is 4.79 Å². The molecule has 0 unspecified atom stereocenters. The molecule has 1 saturated carbocycles. The second-order valence-electron chi connectivity index (χ2n) is 10.2. The van der Waals surface area contributed by atoms with Crippen molar-refractivity contribution in [2.45, 2.75) is 43.9 Å². The van der Waals surface area contributed by atoms with E-state index < -0.39 is 12.1 Å². The number of fused-ring (bicyclic) bond motifs is 1. The normalized spacial score (nSPS) is 16.3. The van der Waals surface area contributed by atoms with E-state index in [1.807, 2.05) is 43.3 Å². The van der Waals surface area contributed by atoms with Crippen molar-refractivity contribution in [1.82, 2.24) is 20.3 Å². The monoisotopic (exact) mass is 630 g/mol. The number of rotatable bonds is 7. The summed E-state index contributed by atoms with van der Waals surface area (Å²) in [4.78, 5) is 37.4. The molecule has 0 aliphatic heterocycles. The molecule has 14 heteroatoms. The Morgan fingerprint density at radius 1 is 0.977 bits per heavy atom. The lowest BCUT2D eigenvalue weighted by Gasteiger charge is -2.30. The summed E-state index contributed by atoms with van der Waals surface area (Å²) in [5, 5.41) is 15.4. The van der Waals surface area contributed by atoms with Crippen molar-refractivity contribution in [3.8, 4) is 11.6 Å². The number of nitrogens with zero attached hydrogens (tertiary/aromatic N) is 4. The van der Waals surface area contributed by atoms with Crippen LogP contribution in [0, 0.1) is 0 Å². The molecular weight excluding hydrogens is 601 g/mol. The van der Waals surface area contributed by atoms with Gasteiger partial charge in [0.1, 0.15) is 11.6 Å². The fourth-order valence-electron chi connectivity index (χ4n) is 4.52. The summed E-state index contributed by atoms with van der Waals surface area (Å²) in [6.45, 7) is 0. The first-order chi connectivity index (χ1) is 20.9. The van der Waals surface area contributed by atoms with Crippen molar-refractivity contribution in [2.75, 3.05) is 24.3 Å². The largest absolute Gasteiger partial charge is 0.490 e. The van der Waals surface area contributed by atoms with Crippen LogP contribution in [0.15, 0.2) is 66.9 Å². The molecule has 4 aromatic rings. The number of amides is 1. The molecule has 5 rings (SSSR count). The first-order valence-electron chi connectivity index (χ1n) is 13.6. The highest BCUT2D eigenvalue weighted by atomic mass is 35.5. The van der Waals surface area contributed by atoms with Gasteiger partial charge in [-0.25, -0.2) is 14.8 Å². The van der Waals surface area contributed by atoms with Crippen molar-refractivity contribution in [2.24, 2.45) is 0 Å². The molecule has 3 N–H and O–H groups in total. The fraction of sp³-hybridized carbons (Fsp3) is 0.300. The Labute approximate surface area is 256 Å². The van der Waals surface area contributed by atoms with E-state index in [-0.39, 0.29) is 18.0 Å². The van der Waals surface area contributed by atoms with Crippen LogP contribution in [0.5, 0.6) is 11.6 Å². The summed E-state index contributed by atoms with van der Waals surface area (Å²) in [5.74, 6) is -0.361. The van der Waals surface area contributed by atoms with E-state index in [0.717, 1.165) is 42.4 Å². The van der Waals surface area contributed by atoms with Crippen LogP contribution in [0.1, 0.15) is 36.0 Å². The number of ether oxygens (including phenoxy) is 1. The number of anilines is 2. The standard InChI is InChI=1S/C28H29ClN6O2.C2HF3O2/c1-35(2)26-23-8-3-4-9-24(23)33-28(34-26)32-21-13-11-20(12-14-21)31-27(36)18-10-15-25(30-17-18)37-22-7-5-6-19(29)16-22;3-2(4,5)1(6)7/h3-10,15-17,20-21H,11-14H2,1-2H3,(H,31,36)(H,32,33,34);(H,6,7). The Hall–Kier alpha value is -4.65. The molecule has 2 aromatic heterocycles. The molecule has 1 fully saturated rings. The summed E-state index contributed by atoms with van der Waals surface area (Å²) < 4.78 is 37.4. The summed E-state index contributed by atoms with van der Waals surface area (Å²) in [5.41, 5.74) is 1.42. The fourth-order valence-corrected chi connectivity index (χ4v) is 4.71. The molecule has 1 aliphatic carbocycles. The number of nitrogens with one attached hydrogen (secondary N) is 2. The highest BCUT2D eigenvalue weighted by molar-refractivity contribution is 6.30. The molecule has 0 atom stereocenters. The van der Waals surface area contributed by atoms with Crippen LogP contribution < -0.4 is 20.3 Å². The molecule has 1 amide bonds. The van der Waals surface area contributed by atoms with Crippen molar-refractivity contribution in [3.05, 3.63) is 77.4 Å². The number of hydrogen-bond acceptors (Lipinski definition) is 8. The highest BCUT2D eigenvalue weighted by Crippen LogP contribution is 2.27. The minimum atomic E-state index is -5.08. The highest BCUT2D eigenvalue weighted by Gasteiger charge is 2.38. The third kappa shape index (κ3) is 8.93. The van der Waals surface area contributed by atoms with Gasteiger partial charge < -0.3 is 25.4 Å². The van der Waals surface area contributed by atoms with Gasteiger partial charge in [0, 0.05) is 48.9 Å². The van der Waals surface area contributed by atoms with Crippen LogP contribution >= 0.6 is 11.6 Å². The van der Waals surface area contributed by atoms with Gasteiger partial charge in [-0.15, -0.1) is 0 Å². The van der Waals surface area contributed by atoms with E-state index in [1.54, 1.807) is 36.4 Å². The van der Waals surface area contributed by atoms with Crippen LogP contribution in [0.3, 0.4) is 0 Å². The molecule has 0 spiro atoms. The second-order valence-corrected chi connectivity index (χ2v) is 10.6. The smallest absolute Gasteiger partial charge is 0.475 e. The zero-order chi connectivity index (χ0) is 31.9. The second kappa shape index (κ2) is 14.2. The summed E-state index contributed by atoms with van der Waals surface area (Å²) >= 11 is 5.99. The number of carboxylic acid groups (broad SMARTS) is 1.